The summed E-state index contributed by atoms with van der Waals surface area (Å²) in [6.45, 7) is 0.00833. The largest absolute Gasteiger partial charge is 0.497 e. The maximum atomic E-state index is 13.2. The number of aromatic amines is 1. The van der Waals surface area contributed by atoms with Crippen LogP contribution >= 0.6 is 0 Å². The first-order chi connectivity index (χ1) is 27.9. The van der Waals surface area contributed by atoms with E-state index in [4.69, 9.17) is 23.7 Å². The molecule has 2 heterocycles. The molecule has 1 aromatic heterocycles. The zero-order chi connectivity index (χ0) is 39.1. The highest BCUT2D eigenvalue weighted by Gasteiger charge is 2.48. The Kier molecular flexibility index (Phi) is 9.55. The molecule has 10 heteroatoms. The molecule has 7 aromatic carbocycles. The SMILES string of the molecule is COc1ccc(C(OC[C@H]2O[C@@H](n3ccc(=O)[nH]c3=O)[C@@H](OCc3ccc4ccc5cccc6ccc3c4c56)C2O)(c2ccccc2)c2ccc(OC)cc2)cc1. The Labute approximate surface area is 327 Å². The molecule has 4 atom stereocenters. The van der Waals surface area contributed by atoms with Gasteiger partial charge in [0.05, 0.1) is 27.4 Å². The fourth-order valence-corrected chi connectivity index (χ4v) is 8.28. The minimum Gasteiger partial charge on any atom is -0.497 e. The molecule has 57 heavy (non-hydrogen) atoms. The molecule has 286 valence electrons. The topological polar surface area (TPSA) is 121 Å². The Morgan fingerprint density at radius 3 is 1.91 bits per heavy atom. The van der Waals surface area contributed by atoms with Gasteiger partial charge in [0.15, 0.2) is 6.23 Å². The van der Waals surface area contributed by atoms with Crippen LogP contribution in [0.4, 0.5) is 0 Å². The average molecular weight is 761 g/mol. The van der Waals surface area contributed by atoms with Crippen LogP contribution in [-0.2, 0) is 26.4 Å². The van der Waals surface area contributed by atoms with Gasteiger partial charge in [-0.25, -0.2) is 4.79 Å². The zero-order valence-corrected chi connectivity index (χ0v) is 31.3. The molecule has 1 fully saturated rings. The first-order valence-corrected chi connectivity index (χ1v) is 18.8. The van der Waals surface area contributed by atoms with Gasteiger partial charge < -0.3 is 28.8 Å². The van der Waals surface area contributed by atoms with Crippen molar-refractivity contribution in [2.45, 2.75) is 36.7 Å². The van der Waals surface area contributed by atoms with E-state index in [9.17, 15) is 14.7 Å². The van der Waals surface area contributed by atoms with Crippen LogP contribution in [0.2, 0.25) is 0 Å². The lowest BCUT2D eigenvalue weighted by Crippen LogP contribution is -2.41. The van der Waals surface area contributed by atoms with Crippen LogP contribution in [0.5, 0.6) is 11.5 Å². The Morgan fingerprint density at radius 1 is 0.684 bits per heavy atom. The van der Waals surface area contributed by atoms with Crippen molar-refractivity contribution in [1.29, 1.82) is 0 Å². The predicted molar refractivity (Wildman–Crippen MR) is 218 cm³/mol. The summed E-state index contributed by atoms with van der Waals surface area (Å²) >= 11 is 0. The number of ether oxygens (including phenoxy) is 5. The second kappa shape index (κ2) is 15.0. The van der Waals surface area contributed by atoms with E-state index >= 15 is 0 Å². The third-order valence-electron chi connectivity index (χ3n) is 11.1. The van der Waals surface area contributed by atoms with E-state index in [0.29, 0.717) is 11.5 Å². The number of aromatic nitrogens is 2. The van der Waals surface area contributed by atoms with Crippen LogP contribution in [0, 0.1) is 0 Å². The number of methoxy groups -OCH3 is 2. The summed E-state index contributed by atoms with van der Waals surface area (Å²) in [4.78, 5) is 27.7. The van der Waals surface area contributed by atoms with Gasteiger partial charge in [-0.3, -0.25) is 14.3 Å². The number of rotatable bonds is 12. The summed E-state index contributed by atoms with van der Waals surface area (Å²) in [6.07, 6.45) is -2.95. The van der Waals surface area contributed by atoms with Crippen LogP contribution in [0.25, 0.3) is 32.3 Å². The summed E-state index contributed by atoms with van der Waals surface area (Å²) in [7, 11) is 3.23. The van der Waals surface area contributed by atoms with E-state index in [0.717, 1.165) is 49.2 Å². The van der Waals surface area contributed by atoms with Gasteiger partial charge in [-0.15, -0.1) is 0 Å². The average Bonchev–Trinajstić information content (AvgIpc) is 3.56. The molecule has 0 amide bonds. The van der Waals surface area contributed by atoms with Crippen molar-refractivity contribution in [2.75, 3.05) is 20.8 Å². The van der Waals surface area contributed by atoms with Crippen LogP contribution in [-0.4, -0.2) is 53.8 Å². The second-order valence-corrected chi connectivity index (χ2v) is 14.2. The molecule has 2 N–H and O–H groups in total. The Bertz CT molecular complexity index is 2720. The van der Waals surface area contributed by atoms with Crippen molar-refractivity contribution < 1.29 is 28.8 Å². The van der Waals surface area contributed by atoms with Crippen molar-refractivity contribution in [2.24, 2.45) is 0 Å². The first kappa shape index (κ1) is 36.3. The van der Waals surface area contributed by atoms with Crippen LogP contribution in [0.3, 0.4) is 0 Å². The van der Waals surface area contributed by atoms with Crippen molar-refractivity contribution in [3.63, 3.8) is 0 Å². The van der Waals surface area contributed by atoms with E-state index < -0.39 is 41.4 Å². The van der Waals surface area contributed by atoms with Gasteiger partial charge in [0.1, 0.15) is 35.4 Å². The first-order valence-electron chi connectivity index (χ1n) is 18.8. The monoisotopic (exact) mass is 760 g/mol. The van der Waals surface area contributed by atoms with E-state index in [1.54, 1.807) is 14.2 Å². The van der Waals surface area contributed by atoms with Crippen molar-refractivity contribution in [3.05, 3.63) is 189 Å². The van der Waals surface area contributed by atoms with Crippen LogP contribution in [0.1, 0.15) is 28.5 Å². The molecule has 1 unspecified atom stereocenters. The Hall–Kier alpha value is -6.30. The summed E-state index contributed by atoms with van der Waals surface area (Å²) in [6, 6.07) is 45.2. The van der Waals surface area contributed by atoms with E-state index in [1.807, 2.05) is 84.9 Å². The molecule has 1 saturated heterocycles. The Balaban J connectivity index is 1.09. The Morgan fingerprint density at radius 2 is 1.28 bits per heavy atom. The van der Waals surface area contributed by atoms with Gasteiger partial charge in [-0.2, -0.15) is 0 Å². The molecule has 8 aromatic rings. The van der Waals surface area contributed by atoms with Gasteiger partial charge in [-0.1, -0.05) is 109 Å². The molecule has 0 saturated carbocycles. The van der Waals surface area contributed by atoms with Gasteiger partial charge in [0.25, 0.3) is 5.56 Å². The fourth-order valence-electron chi connectivity index (χ4n) is 8.28. The minimum atomic E-state index is -1.24. The lowest BCUT2D eigenvalue weighted by molar-refractivity contribution is -0.0991. The smallest absolute Gasteiger partial charge is 0.330 e. The predicted octanol–water partition coefficient (Wildman–Crippen LogP) is 7.30. The quantitative estimate of drug-likeness (QED) is 0.0984. The molecule has 0 aliphatic carbocycles. The van der Waals surface area contributed by atoms with E-state index in [-0.39, 0.29) is 13.2 Å². The number of aliphatic hydroxyl groups excluding tert-OH is 1. The van der Waals surface area contributed by atoms with E-state index in [2.05, 4.69) is 53.5 Å². The third-order valence-corrected chi connectivity index (χ3v) is 11.1. The number of H-pyrrole nitrogens is 1. The highest BCUT2D eigenvalue weighted by atomic mass is 16.6. The zero-order valence-electron chi connectivity index (χ0n) is 31.3. The van der Waals surface area contributed by atoms with Gasteiger partial charge >= 0.3 is 5.69 Å². The summed E-state index contributed by atoms with van der Waals surface area (Å²) in [5, 5.41) is 18.9. The number of nitrogens with one attached hydrogen (secondary N) is 1. The van der Waals surface area contributed by atoms with Crippen molar-refractivity contribution in [3.8, 4) is 11.5 Å². The molecule has 0 radical (unpaired) electrons. The summed E-state index contributed by atoms with van der Waals surface area (Å²) in [5.74, 6) is 1.37. The molecule has 0 spiro atoms. The fraction of sp³-hybridized carbons (Fsp3) is 0.191. The normalized spacial score (nSPS) is 18.4. The van der Waals surface area contributed by atoms with Gasteiger partial charge in [0.2, 0.25) is 0 Å². The van der Waals surface area contributed by atoms with Crippen molar-refractivity contribution in [1.82, 2.24) is 9.55 Å². The lowest BCUT2D eigenvalue weighted by atomic mass is 9.80. The number of aliphatic hydroxyl groups is 1. The highest BCUT2D eigenvalue weighted by Crippen LogP contribution is 2.43. The number of benzene rings is 7. The molecule has 1 aliphatic heterocycles. The summed E-state index contributed by atoms with van der Waals surface area (Å²) < 4.78 is 32.5. The third kappa shape index (κ3) is 6.42. The molecule has 1 aliphatic rings. The molecule has 10 nitrogen and oxygen atoms in total. The van der Waals surface area contributed by atoms with Crippen molar-refractivity contribution >= 4 is 32.3 Å². The van der Waals surface area contributed by atoms with Crippen LogP contribution in [0.15, 0.2) is 155 Å². The van der Waals surface area contributed by atoms with Gasteiger partial charge in [-0.05, 0) is 78.8 Å². The minimum absolute atomic E-state index is 0.110. The van der Waals surface area contributed by atoms with Gasteiger partial charge in [0, 0.05) is 12.3 Å². The lowest BCUT2D eigenvalue weighted by Gasteiger charge is -2.37. The standard InChI is InChI=1S/C47H40N2O8/c1-53-36-20-16-34(17-21-36)47(33-9-4-3-5-10-33,35-18-22-37(54-2)23-19-35)56-28-39-43(51)44(45(57-39)49-26-25-40(50)48-46(49)52)55-27-32-14-13-31-12-11-29-7-6-8-30-15-24-38(32)42(31)41(29)30/h3-26,39,43-45,51H,27-28H2,1-2H3,(H,48,50,52)/t39-,43?,44+,45-/m1/s1. The number of nitrogens with zero attached hydrogens (tertiary/aromatic N) is 1. The highest BCUT2D eigenvalue weighted by molar-refractivity contribution is 6.23. The molecule has 0 bridgehead atoms. The molecular formula is C47H40N2O8. The maximum Gasteiger partial charge on any atom is 0.330 e. The second-order valence-electron chi connectivity index (χ2n) is 14.2. The van der Waals surface area contributed by atoms with Crippen LogP contribution < -0.4 is 20.7 Å². The number of hydrogen-bond acceptors (Lipinski definition) is 8. The van der Waals surface area contributed by atoms with E-state index in [1.165, 1.54) is 22.2 Å². The summed E-state index contributed by atoms with van der Waals surface area (Å²) in [5.41, 5.74) is 0.948. The maximum absolute atomic E-state index is 13.2. The number of hydrogen-bond donors (Lipinski definition) is 2. The molecular weight excluding hydrogens is 721 g/mol. The molecule has 9 rings (SSSR count).